The largest absolute Gasteiger partial charge is 0.303 e. The van der Waals surface area contributed by atoms with Crippen LogP contribution >= 0.6 is 15.9 Å². The Kier molecular flexibility index (Phi) is 4.57. The van der Waals surface area contributed by atoms with E-state index >= 15 is 0 Å². The Balaban J connectivity index is 1.77. The van der Waals surface area contributed by atoms with Crippen LogP contribution in [0, 0.1) is 12.8 Å². The van der Waals surface area contributed by atoms with Gasteiger partial charge in [-0.3, -0.25) is 4.39 Å². The van der Waals surface area contributed by atoms with Crippen molar-refractivity contribution in [2.75, 3.05) is 26.3 Å². The molecule has 0 spiro atoms. The summed E-state index contributed by atoms with van der Waals surface area (Å²) in [5.74, 6) is 0.759. The van der Waals surface area contributed by atoms with E-state index in [2.05, 4.69) is 46.0 Å². The summed E-state index contributed by atoms with van der Waals surface area (Å²) < 4.78 is 13.2. The molecular weight excluding hydrogens is 281 g/mol. The van der Waals surface area contributed by atoms with Crippen molar-refractivity contribution >= 4 is 15.9 Å². The summed E-state index contributed by atoms with van der Waals surface area (Å²) in [6, 6.07) is 6.58. The fourth-order valence-electron chi connectivity index (χ4n) is 2.44. The number of nitrogens with zero attached hydrogens (tertiary/aromatic N) is 1. The third-order valence-electron chi connectivity index (χ3n) is 3.39. The molecule has 1 heterocycles. The van der Waals surface area contributed by atoms with Gasteiger partial charge in [-0.15, -0.1) is 0 Å². The van der Waals surface area contributed by atoms with Gasteiger partial charge in [0.25, 0.3) is 0 Å². The molecule has 0 amide bonds. The second-order valence-electron chi connectivity index (χ2n) is 4.96. The van der Waals surface area contributed by atoms with E-state index in [0.717, 1.165) is 32.0 Å². The number of halogens is 2. The first-order chi connectivity index (χ1) is 8.19. The van der Waals surface area contributed by atoms with E-state index in [1.807, 2.05) is 0 Å². The van der Waals surface area contributed by atoms with Crippen LogP contribution < -0.4 is 0 Å². The van der Waals surface area contributed by atoms with Crippen molar-refractivity contribution in [2.24, 2.45) is 5.92 Å². The monoisotopic (exact) mass is 299 g/mol. The van der Waals surface area contributed by atoms with E-state index in [9.17, 15) is 4.39 Å². The topological polar surface area (TPSA) is 3.24 Å². The van der Waals surface area contributed by atoms with Gasteiger partial charge in [0.15, 0.2) is 0 Å². The molecule has 0 aliphatic carbocycles. The molecule has 1 fully saturated rings. The van der Waals surface area contributed by atoms with E-state index < -0.39 is 0 Å². The van der Waals surface area contributed by atoms with Crippen LogP contribution in [0.4, 0.5) is 4.39 Å². The highest BCUT2D eigenvalue weighted by Crippen LogP contribution is 2.23. The van der Waals surface area contributed by atoms with Gasteiger partial charge in [0.2, 0.25) is 0 Å². The Morgan fingerprint density at radius 1 is 1.41 bits per heavy atom. The molecule has 94 valence electrons. The van der Waals surface area contributed by atoms with Crippen molar-refractivity contribution < 1.29 is 4.39 Å². The average molecular weight is 300 g/mol. The molecule has 1 aromatic rings. The van der Waals surface area contributed by atoms with Crippen LogP contribution in [-0.2, 0) is 6.42 Å². The molecule has 0 unspecified atom stereocenters. The van der Waals surface area contributed by atoms with Gasteiger partial charge < -0.3 is 4.90 Å². The number of hydrogen-bond acceptors (Lipinski definition) is 1. The van der Waals surface area contributed by atoms with Gasteiger partial charge in [-0.1, -0.05) is 28.1 Å². The van der Waals surface area contributed by atoms with Gasteiger partial charge in [-0.25, -0.2) is 0 Å². The van der Waals surface area contributed by atoms with Crippen LogP contribution in [0.15, 0.2) is 22.7 Å². The molecule has 0 saturated carbocycles. The summed E-state index contributed by atoms with van der Waals surface area (Å²) >= 11 is 3.52. The average Bonchev–Trinajstić information content (AvgIpc) is 2.26. The molecule has 0 atom stereocenters. The Morgan fingerprint density at radius 2 is 2.18 bits per heavy atom. The second kappa shape index (κ2) is 5.96. The molecule has 1 aliphatic heterocycles. The molecule has 0 aromatic heterocycles. The predicted octanol–water partition coefficient (Wildman–Crippen LogP) is 3.59. The minimum Gasteiger partial charge on any atom is -0.303 e. The summed E-state index contributed by atoms with van der Waals surface area (Å²) in [6.07, 6.45) is 1.84. The van der Waals surface area contributed by atoms with Gasteiger partial charge >= 0.3 is 0 Å². The number of aryl methyl sites for hydroxylation is 1. The van der Waals surface area contributed by atoms with Crippen molar-refractivity contribution in [1.82, 2.24) is 4.90 Å². The fraction of sp³-hybridized carbons (Fsp3) is 0.571. The second-order valence-corrected chi connectivity index (χ2v) is 5.81. The molecule has 3 heteroatoms. The lowest BCUT2D eigenvalue weighted by Gasteiger charge is -2.39. The molecule has 2 rings (SSSR count). The van der Waals surface area contributed by atoms with E-state index in [-0.39, 0.29) is 6.67 Å². The van der Waals surface area contributed by atoms with Crippen LogP contribution in [0.2, 0.25) is 0 Å². The summed E-state index contributed by atoms with van der Waals surface area (Å²) in [6.45, 7) is 5.13. The third kappa shape index (κ3) is 3.52. The Bertz CT molecular complexity index is 374. The Morgan fingerprint density at radius 3 is 2.82 bits per heavy atom. The van der Waals surface area contributed by atoms with Gasteiger partial charge in [-0.05, 0) is 42.9 Å². The maximum atomic E-state index is 12.0. The summed E-state index contributed by atoms with van der Waals surface area (Å²) in [7, 11) is 0. The Hall–Kier alpha value is -0.410. The minimum absolute atomic E-state index is 0.187. The van der Waals surface area contributed by atoms with Crippen LogP contribution in [0.25, 0.3) is 0 Å². The normalized spacial score (nSPS) is 17.1. The first-order valence-corrected chi connectivity index (χ1v) is 7.01. The maximum absolute atomic E-state index is 12.0. The lowest BCUT2D eigenvalue weighted by atomic mass is 9.91. The summed E-state index contributed by atoms with van der Waals surface area (Å²) in [4.78, 5) is 2.34. The van der Waals surface area contributed by atoms with Gasteiger partial charge in [-0.2, -0.15) is 0 Å². The molecule has 1 aromatic carbocycles. The van der Waals surface area contributed by atoms with Crippen molar-refractivity contribution in [3.63, 3.8) is 0 Å². The van der Waals surface area contributed by atoms with Crippen molar-refractivity contribution in [1.29, 1.82) is 0 Å². The predicted molar refractivity (Wildman–Crippen MR) is 73.1 cm³/mol. The number of alkyl halides is 1. The SMILES string of the molecule is Cc1cc(CC2CN(CCCF)C2)ccc1Br. The lowest BCUT2D eigenvalue weighted by Crippen LogP contribution is -2.47. The zero-order valence-electron chi connectivity index (χ0n) is 10.3. The molecular formula is C14H19BrFN. The van der Waals surface area contributed by atoms with E-state index in [4.69, 9.17) is 0 Å². The van der Waals surface area contributed by atoms with Crippen LogP contribution in [0.5, 0.6) is 0 Å². The summed E-state index contributed by atoms with van der Waals surface area (Å²) in [5, 5.41) is 0. The Labute approximate surface area is 111 Å². The third-order valence-corrected chi connectivity index (χ3v) is 4.28. The molecule has 1 aliphatic rings. The number of benzene rings is 1. The van der Waals surface area contributed by atoms with E-state index in [1.54, 1.807) is 0 Å². The fourth-order valence-corrected chi connectivity index (χ4v) is 2.69. The minimum atomic E-state index is -0.187. The van der Waals surface area contributed by atoms with Gasteiger partial charge in [0, 0.05) is 24.1 Å². The van der Waals surface area contributed by atoms with Crippen LogP contribution in [0.1, 0.15) is 17.5 Å². The molecule has 1 nitrogen and oxygen atoms in total. The summed E-state index contributed by atoms with van der Waals surface area (Å²) in [5.41, 5.74) is 2.72. The smallest absolute Gasteiger partial charge is 0.0906 e. The molecule has 17 heavy (non-hydrogen) atoms. The number of hydrogen-bond donors (Lipinski definition) is 0. The van der Waals surface area contributed by atoms with E-state index in [1.165, 1.54) is 15.6 Å². The lowest BCUT2D eigenvalue weighted by molar-refractivity contribution is 0.0968. The molecule has 0 N–H and O–H groups in total. The maximum Gasteiger partial charge on any atom is 0.0906 e. The molecule has 1 saturated heterocycles. The zero-order chi connectivity index (χ0) is 12.3. The van der Waals surface area contributed by atoms with Crippen molar-refractivity contribution in [3.05, 3.63) is 33.8 Å². The quantitative estimate of drug-likeness (QED) is 0.803. The molecule has 0 radical (unpaired) electrons. The van der Waals surface area contributed by atoms with E-state index in [0.29, 0.717) is 6.42 Å². The zero-order valence-corrected chi connectivity index (χ0v) is 11.8. The molecule has 0 bridgehead atoms. The first kappa shape index (κ1) is 13.0. The highest BCUT2D eigenvalue weighted by atomic mass is 79.9. The highest BCUT2D eigenvalue weighted by Gasteiger charge is 2.25. The van der Waals surface area contributed by atoms with Gasteiger partial charge in [0.1, 0.15) is 0 Å². The van der Waals surface area contributed by atoms with Crippen LogP contribution in [0.3, 0.4) is 0 Å². The van der Waals surface area contributed by atoms with Crippen molar-refractivity contribution in [3.8, 4) is 0 Å². The highest BCUT2D eigenvalue weighted by molar-refractivity contribution is 9.10. The standard InChI is InChI=1S/C14H19BrFN/c1-11-7-12(3-4-14(11)15)8-13-9-17(10-13)6-2-5-16/h3-4,7,13H,2,5-6,8-10H2,1H3. The number of rotatable bonds is 5. The van der Waals surface area contributed by atoms with Crippen LogP contribution in [-0.4, -0.2) is 31.2 Å². The number of likely N-dealkylation sites (tertiary alicyclic amines) is 1. The van der Waals surface area contributed by atoms with Gasteiger partial charge in [0.05, 0.1) is 6.67 Å². The van der Waals surface area contributed by atoms with Crippen molar-refractivity contribution in [2.45, 2.75) is 19.8 Å². The first-order valence-electron chi connectivity index (χ1n) is 6.22.